The van der Waals surface area contributed by atoms with Gasteiger partial charge in [-0.1, -0.05) is 36.9 Å². The zero-order valence-corrected chi connectivity index (χ0v) is 20.6. The molecule has 34 heavy (non-hydrogen) atoms. The van der Waals surface area contributed by atoms with Gasteiger partial charge in [-0.3, -0.25) is 0 Å². The second kappa shape index (κ2) is 10.6. The van der Waals surface area contributed by atoms with Gasteiger partial charge in [0.05, 0.1) is 10.9 Å². The van der Waals surface area contributed by atoms with Crippen LogP contribution in [0.3, 0.4) is 0 Å². The lowest BCUT2D eigenvalue weighted by molar-refractivity contribution is 0.586. The summed E-state index contributed by atoms with van der Waals surface area (Å²) in [5.41, 5.74) is 4.97. The first-order valence-corrected chi connectivity index (χ1v) is 12.3. The molecule has 4 nitrogen and oxygen atoms in total. The van der Waals surface area contributed by atoms with Crippen molar-refractivity contribution >= 4 is 23.5 Å². The number of nitrogens with zero attached hydrogens (tertiary/aromatic N) is 2. The number of allylic oxidation sites excluding steroid dienone is 1. The Balaban J connectivity index is 1.58. The fraction of sp³-hybridized carbons (Fsp3) is 0.296. The van der Waals surface area contributed by atoms with Crippen molar-refractivity contribution in [2.75, 3.05) is 16.2 Å². The molecule has 3 aromatic rings. The molecule has 0 saturated carbocycles. The molecular weight excluding hydrogens is 450 g/mol. The SMILES string of the molecule is C=C(C)N(c1cc(F)c(SNc2cccc(F)n2)cc1C)[C@H](C)c1cccc(C2CCCN2)c1. The van der Waals surface area contributed by atoms with Gasteiger partial charge in [0.15, 0.2) is 0 Å². The molecule has 7 heteroatoms. The van der Waals surface area contributed by atoms with E-state index in [-0.39, 0.29) is 11.9 Å². The molecule has 1 aliphatic rings. The lowest BCUT2D eigenvalue weighted by Crippen LogP contribution is -2.25. The zero-order valence-electron chi connectivity index (χ0n) is 19.7. The van der Waals surface area contributed by atoms with Crippen molar-refractivity contribution < 1.29 is 8.78 Å². The zero-order chi connectivity index (χ0) is 24.2. The van der Waals surface area contributed by atoms with Gasteiger partial charge in [-0.25, -0.2) is 9.37 Å². The number of aromatic nitrogens is 1. The second-order valence-corrected chi connectivity index (χ2v) is 9.57. The van der Waals surface area contributed by atoms with Crippen LogP contribution >= 0.6 is 11.9 Å². The predicted molar refractivity (Wildman–Crippen MR) is 137 cm³/mol. The Labute approximate surface area is 204 Å². The summed E-state index contributed by atoms with van der Waals surface area (Å²) in [7, 11) is 0. The smallest absolute Gasteiger partial charge is 0.214 e. The van der Waals surface area contributed by atoms with Gasteiger partial charge in [-0.15, -0.1) is 0 Å². The van der Waals surface area contributed by atoms with Crippen molar-refractivity contribution in [3.05, 3.63) is 95.3 Å². The van der Waals surface area contributed by atoms with Gasteiger partial charge >= 0.3 is 0 Å². The molecule has 0 aliphatic carbocycles. The van der Waals surface area contributed by atoms with Crippen LogP contribution in [0.1, 0.15) is 55.5 Å². The van der Waals surface area contributed by atoms with Crippen molar-refractivity contribution in [1.82, 2.24) is 10.3 Å². The van der Waals surface area contributed by atoms with Crippen molar-refractivity contribution in [2.24, 2.45) is 0 Å². The van der Waals surface area contributed by atoms with Crippen LogP contribution in [0.25, 0.3) is 0 Å². The Morgan fingerprint density at radius 2 is 2.00 bits per heavy atom. The molecule has 2 aromatic carbocycles. The van der Waals surface area contributed by atoms with E-state index in [1.807, 2.05) is 13.8 Å². The highest BCUT2D eigenvalue weighted by Crippen LogP contribution is 2.37. The maximum atomic E-state index is 15.2. The molecule has 0 spiro atoms. The summed E-state index contributed by atoms with van der Waals surface area (Å²) in [6.45, 7) is 11.3. The number of hydrogen-bond donors (Lipinski definition) is 2. The van der Waals surface area contributed by atoms with Gasteiger partial charge in [-0.05, 0) is 93.1 Å². The Hall–Kier alpha value is -2.90. The molecular formula is C27H30F2N4S. The fourth-order valence-electron chi connectivity index (χ4n) is 4.45. The number of nitrogens with one attached hydrogen (secondary N) is 2. The molecule has 2 heterocycles. The van der Waals surface area contributed by atoms with Gasteiger partial charge in [0.1, 0.15) is 11.6 Å². The van der Waals surface area contributed by atoms with Crippen molar-refractivity contribution in [3.63, 3.8) is 0 Å². The Kier molecular flexibility index (Phi) is 7.54. The number of rotatable bonds is 8. The Morgan fingerprint density at radius 3 is 2.71 bits per heavy atom. The Morgan fingerprint density at radius 1 is 1.21 bits per heavy atom. The van der Waals surface area contributed by atoms with Crippen LogP contribution < -0.4 is 14.9 Å². The van der Waals surface area contributed by atoms with E-state index in [1.165, 1.54) is 18.1 Å². The first kappa shape index (κ1) is 24.2. The maximum Gasteiger partial charge on any atom is 0.214 e. The first-order valence-electron chi connectivity index (χ1n) is 11.5. The van der Waals surface area contributed by atoms with E-state index in [1.54, 1.807) is 24.3 Å². The lowest BCUT2D eigenvalue weighted by Gasteiger charge is -2.34. The molecule has 1 aliphatic heterocycles. The van der Waals surface area contributed by atoms with Crippen LogP contribution in [0.5, 0.6) is 0 Å². The van der Waals surface area contributed by atoms with E-state index >= 15 is 4.39 Å². The van der Waals surface area contributed by atoms with Gasteiger partial charge in [0.2, 0.25) is 5.95 Å². The normalized spacial score (nSPS) is 16.3. The average molecular weight is 481 g/mol. The highest BCUT2D eigenvalue weighted by atomic mass is 32.2. The van der Waals surface area contributed by atoms with Crippen LogP contribution in [-0.4, -0.2) is 11.5 Å². The number of anilines is 2. The molecule has 1 fully saturated rings. The van der Waals surface area contributed by atoms with Gasteiger partial charge in [0.25, 0.3) is 0 Å². The van der Waals surface area contributed by atoms with E-state index in [0.717, 1.165) is 47.4 Å². The summed E-state index contributed by atoms with van der Waals surface area (Å²) in [5.74, 6) is -0.617. The number of hydrogen-bond acceptors (Lipinski definition) is 5. The standard InChI is InChI=1S/C27H30F2N4S/c1-17(2)33(19(4)20-8-5-9-21(15-20)23-10-7-13-30-23)24-16-22(28)25(14-18(24)3)34-32-27-12-6-11-26(29)31-27/h5-6,8-9,11-12,14-16,19,23,30H,1,7,10,13H2,2-4H3,(H,31,32)/t19-,23?/m1/s1. The molecule has 2 N–H and O–H groups in total. The van der Waals surface area contributed by atoms with E-state index in [2.05, 4.69) is 57.7 Å². The maximum absolute atomic E-state index is 15.2. The quantitative estimate of drug-likeness (QED) is 0.261. The van der Waals surface area contributed by atoms with Crippen LogP contribution in [0.15, 0.2) is 71.8 Å². The number of aryl methyl sites for hydroxylation is 1. The van der Waals surface area contributed by atoms with Crippen LogP contribution in [0.4, 0.5) is 20.3 Å². The average Bonchev–Trinajstić information content (AvgIpc) is 3.35. The van der Waals surface area contributed by atoms with Gasteiger partial charge in [-0.2, -0.15) is 4.39 Å². The highest BCUT2D eigenvalue weighted by molar-refractivity contribution is 8.00. The third-order valence-corrected chi connectivity index (χ3v) is 6.99. The van der Waals surface area contributed by atoms with Gasteiger partial charge in [0, 0.05) is 17.4 Å². The monoisotopic (exact) mass is 480 g/mol. The fourth-order valence-corrected chi connectivity index (χ4v) is 5.17. The summed E-state index contributed by atoms with van der Waals surface area (Å²) >= 11 is 1.07. The number of pyridine rings is 1. The minimum Gasteiger partial charge on any atom is -0.338 e. The summed E-state index contributed by atoms with van der Waals surface area (Å²) < 4.78 is 31.4. The largest absolute Gasteiger partial charge is 0.338 e. The number of benzene rings is 2. The summed E-state index contributed by atoms with van der Waals surface area (Å²) in [4.78, 5) is 6.25. The van der Waals surface area contributed by atoms with Crippen LogP contribution in [0, 0.1) is 18.7 Å². The minimum atomic E-state index is -0.587. The highest BCUT2D eigenvalue weighted by Gasteiger charge is 2.23. The third kappa shape index (κ3) is 5.42. The predicted octanol–water partition coefficient (Wildman–Crippen LogP) is 7.31. The van der Waals surface area contributed by atoms with E-state index in [9.17, 15) is 4.39 Å². The minimum absolute atomic E-state index is 0.0231. The summed E-state index contributed by atoms with van der Waals surface area (Å²) in [5, 5.41) is 3.56. The Bertz CT molecular complexity index is 1180. The first-order chi connectivity index (χ1) is 16.3. The topological polar surface area (TPSA) is 40.2 Å². The molecule has 1 unspecified atom stereocenters. The molecule has 178 valence electrons. The van der Waals surface area contributed by atoms with E-state index in [0.29, 0.717) is 16.8 Å². The van der Waals surface area contributed by atoms with Gasteiger partial charge < -0.3 is 14.9 Å². The molecule has 1 aromatic heterocycles. The van der Waals surface area contributed by atoms with Crippen LogP contribution in [0.2, 0.25) is 0 Å². The van der Waals surface area contributed by atoms with Crippen molar-refractivity contribution in [3.8, 4) is 0 Å². The third-order valence-electron chi connectivity index (χ3n) is 6.14. The molecule has 0 bridgehead atoms. The van der Waals surface area contributed by atoms with E-state index < -0.39 is 5.95 Å². The molecule has 0 radical (unpaired) electrons. The summed E-state index contributed by atoms with van der Waals surface area (Å²) in [6, 6.07) is 16.8. The molecule has 0 amide bonds. The lowest BCUT2D eigenvalue weighted by atomic mass is 9.98. The summed E-state index contributed by atoms with van der Waals surface area (Å²) in [6.07, 6.45) is 2.33. The van der Waals surface area contributed by atoms with Crippen LogP contribution in [-0.2, 0) is 0 Å². The second-order valence-electron chi connectivity index (χ2n) is 8.72. The number of halogens is 2. The van der Waals surface area contributed by atoms with E-state index in [4.69, 9.17) is 0 Å². The van der Waals surface area contributed by atoms with Crippen molar-refractivity contribution in [2.45, 2.75) is 50.6 Å². The molecule has 1 saturated heterocycles. The molecule has 2 atom stereocenters. The molecule has 4 rings (SSSR count). The van der Waals surface area contributed by atoms with Crippen molar-refractivity contribution in [1.29, 1.82) is 0 Å².